The molecule has 1 aromatic heterocycles. The molecule has 1 amide bonds. The highest BCUT2D eigenvalue weighted by molar-refractivity contribution is 5.92. The number of rotatable bonds is 6. The Kier molecular flexibility index (Phi) is 4.94. The fourth-order valence-corrected chi connectivity index (χ4v) is 1.69. The van der Waals surface area contributed by atoms with Crippen LogP contribution in [0.2, 0.25) is 0 Å². The molecule has 0 aliphatic carbocycles. The zero-order chi connectivity index (χ0) is 15.1. The molecule has 0 bridgehead atoms. The Hall–Kier alpha value is -2.80. The van der Waals surface area contributed by atoms with Gasteiger partial charge in [0.2, 0.25) is 5.91 Å². The molecule has 21 heavy (non-hydrogen) atoms. The zero-order valence-electron chi connectivity index (χ0n) is 11.2. The van der Waals surface area contributed by atoms with Gasteiger partial charge >= 0.3 is 0 Å². The first-order chi connectivity index (χ1) is 10.1. The predicted molar refractivity (Wildman–Crippen MR) is 77.7 cm³/mol. The van der Waals surface area contributed by atoms with E-state index in [0.29, 0.717) is 12.2 Å². The molecule has 0 spiro atoms. The van der Waals surface area contributed by atoms with E-state index in [0.717, 1.165) is 5.56 Å². The van der Waals surface area contributed by atoms with Crippen molar-refractivity contribution in [2.75, 3.05) is 11.9 Å². The van der Waals surface area contributed by atoms with E-state index >= 15 is 0 Å². The molecule has 7 nitrogen and oxygen atoms in total. The number of hydrogen-bond donors (Lipinski definition) is 2. The molecule has 2 rings (SSSR count). The fourth-order valence-electron chi connectivity index (χ4n) is 1.69. The molecule has 1 heterocycles. The Morgan fingerprint density at radius 3 is 2.62 bits per heavy atom. The summed E-state index contributed by atoms with van der Waals surface area (Å²) in [6, 6.07) is 9.42. The van der Waals surface area contributed by atoms with E-state index in [-0.39, 0.29) is 18.1 Å². The summed E-state index contributed by atoms with van der Waals surface area (Å²) >= 11 is 0. The van der Waals surface area contributed by atoms with Crippen molar-refractivity contribution in [3.8, 4) is 0 Å². The number of amides is 1. The van der Waals surface area contributed by atoms with Gasteiger partial charge in [-0.1, -0.05) is 6.07 Å². The molecule has 0 aliphatic rings. The summed E-state index contributed by atoms with van der Waals surface area (Å²) in [7, 11) is 0. The molecule has 7 heteroatoms. The highest BCUT2D eigenvalue weighted by Crippen LogP contribution is 2.15. The second-order valence-corrected chi connectivity index (χ2v) is 4.32. The number of benzene rings is 1. The lowest BCUT2D eigenvalue weighted by Gasteiger charge is -2.06. The molecule has 108 valence electrons. The number of hydrogen-bond acceptors (Lipinski definition) is 5. The van der Waals surface area contributed by atoms with Gasteiger partial charge in [0.25, 0.3) is 5.69 Å². The number of aromatic nitrogens is 1. The Balaban J connectivity index is 1.78. The minimum Gasteiger partial charge on any atom is -0.325 e. The number of nitro benzene ring substituents is 1. The highest BCUT2D eigenvalue weighted by Gasteiger charge is 2.06. The highest BCUT2D eigenvalue weighted by atomic mass is 16.6. The van der Waals surface area contributed by atoms with E-state index in [4.69, 9.17) is 0 Å². The first kappa shape index (κ1) is 14.6. The van der Waals surface area contributed by atoms with Gasteiger partial charge in [-0.05, 0) is 23.8 Å². The number of non-ortho nitro benzene ring substituents is 1. The number of nitrogens with one attached hydrogen (secondary N) is 2. The topological polar surface area (TPSA) is 97.2 Å². The zero-order valence-corrected chi connectivity index (χ0v) is 11.2. The maximum atomic E-state index is 11.7. The van der Waals surface area contributed by atoms with Crippen LogP contribution in [0.25, 0.3) is 0 Å². The molecule has 2 aromatic rings. The lowest BCUT2D eigenvalue weighted by atomic mass is 10.3. The van der Waals surface area contributed by atoms with Gasteiger partial charge in [0.05, 0.1) is 11.5 Å². The Morgan fingerprint density at radius 1 is 1.24 bits per heavy atom. The summed E-state index contributed by atoms with van der Waals surface area (Å²) in [5, 5.41) is 16.2. The van der Waals surface area contributed by atoms with Crippen LogP contribution >= 0.6 is 0 Å². The van der Waals surface area contributed by atoms with Crippen molar-refractivity contribution in [2.45, 2.75) is 6.54 Å². The van der Waals surface area contributed by atoms with E-state index in [1.165, 1.54) is 24.3 Å². The maximum absolute atomic E-state index is 11.7. The molecule has 0 saturated carbocycles. The van der Waals surface area contributed by atoms with Gasteiger partial charge in [0.15, 0.2) is 0 Å². The Morgan fingerprint density at radius 2 is 2.00 bits per heavy atom. The van der Waals surface area contributed by atoms with Gasteiger partial charge < -0.3 is 10.6 Å². The van der Waals surface area contributed by atoms with Gasteiger partial charge in [-0.25, -0.2) is 0 Å². The van der Waals surface area contributed by atoms with Crippen molar-refractivity contribution < 1.29 is 9.72 Å². The summed E-state index contributed by atoms with van der Waals surface area (Å²) in [5.41, 5.74) is 1.50. The minimum atomic E-state index is -0.485. The number of carbonyl (C=O) groups is 1. The predicted octanol–water partition coefficient (Wildman–Crippen LogP) is 1.72. The van der Waals surface area contributed by atoms with E-state index < -0.39 is 4.92 Å². The van der Waals surface area contributed by atoms with Gasteiger partial charge in [-0.3, -0.25) is 19.9 Å². The number of pyridine rings is 1. The summed E-state index contributed by atoms with van der Waals surface area (Å²) in [4.78, 5) is 25.7. The average Bonchev–Trinajstić information content (AvgIpc) is 2.49. The van der Waals surface area contributed by atoms with Crippen LogP contribution in [0.5, 0.6) is 0 Å². The van der Waals surface area contributed by atoms with E-state index in [1.54, 1.807) is 12.4 Å². The number of carbonyl (C=O) groups excluding carboxylic acids is 1. The lowest BCUT2D eigenvalue weighted by molar-refractivity contribution is -0.384. The Bertz CT molecular complexity index is 614. The summed E-state index contributed by atoms with van der Waals surface area (Å²) in [6.45, 7) is 0.688. The third-order valence-corrected chi connectivity index (χ3v) is 2.70. The monoisotopic (exact) mass is 286 g/mol. The molecular formula is C14H14N4O3. The van der Waals surface area contributed by atoms with Crippen LogP contribution in [0.3, 0.4) is 0 Å². The van der Waals surface area contributed by atoms with E-state index in [2.05, 4.69) is 15.6 Å². The SMILES string of the molecule is O=C(CNCc1cccnc1)Nc1ccc([N+](=O)[O-])cc1. The molecule has 2 N–H and O–H groups in total. The summed E-state index contributed by atoms with van der Waals surface area (Å²) < 4.78 is 0. The third-order valence-electron chi connectivity index (χ3n) is 2.70. The fraction of sp³-hybridized carbons (Fsp3) is 0.143. The van der Waals surface area contributed by atoms with E-state index in [1.807, 2.05) is 12.1 Å². The number of nitrogens with zero attached hydrogens (tertiary/aromatic N) is 2. The lowest BCUT2D eigenvalue weighted by Crippen LogP contribution is -2.27. The molecule has 0 atom stereocenters. The molecule has 0 fully saturated rings. The van der Waals surface area contributed by atoms with Crippen LogP contribution in [0.15, 0.2) is 48.8 Å². The van der Waals surface area contributed by atoms with Crippen molar-refractivity contribution in [2.24, 2.45) is 0 Å². The first-order valence-corrected chi connectivity index (χ1v) is 6.29. The van der Waals surface area contributed by atoms with Crippen LogP contribution < -0.4 is 10.6 Å². The van der Waals surface area contributed by atoms with Gasteiger partial charge in [-0.2, -0.15) is 0 Å². The largest absolute Gasteiger partial charge is 0.325 e. The van der Waals surface area contributed by atoms with Gasteiger partial charge in [0.1, 0.15) is 0 Å². The number of nitro groups is 1. The van der Waals surface area contributed by atoms with Gasteiger partial charge in [0, 0.05) is 36.8 Å². The second-order valence-electron chi connectivity index (χ2n) is 4.32. The second kappa shape index (κ2) is 7.11. The number of anilines is 1. The van der Waals surface area contributed by atoms with Crippen molar-refractivity contribution in [3.05, 3.63) is 64.5 Å². The molecule has 1 aromatic carbocycles. The minimum absolute atomic E-state index is 0.0114. The summed E-state index contributed by atoms with van der Waals surface area (Å²) in [6.07, 6.45) is 3.41. The molecule has 0 saturated heterocycles. The van der Waals surface area contributed by atoms with Crippen LogP contribution in [0, 0.1) is 10.1 Å². The normalized spacial score (nSPS) is 10.1. The third kappa shape index (κ3) is 4.66. The summed E-state index contributed by atoms with van der Waals surface area (Å²) in [5.74, 6) is -0.215. The first-order valence-electron chi connectivity index (χ1n) is 6.29. The van der Waals surface area contributed by atoms with Crippen molar-refractivity contribution in [1.29, 1.82) is 0 Å². The molecule has 0 radical (unpaired) electrons. The van der Waals surface area contributed by atoms with Crippen LogP contribution in [-0.4, -0.2) is 22.4 Å². The van der Waals surface area contributed by atoms with Crippen molar-refractivity contribution >= 4 is 17.3 Å². The van der Waals surface area contributed by atoms with Gasteiger partial charge in [-0.15, -0.1) is 0 Å². The van der Waals surface area contributed by atoms with Crippen LogP contribution in [0.1, 0.15) is 5.56 Å². The van der Waals surface area contributed by atoms with Crippen molar-refractivity contribution in [3.63, 3.8) is 0 Å². The maximum Gasteiger partial charge on any atom is 0.269 e. The van der Waals surface area contributed by atoms with Crippen LogP contribution in [-0.2, 0) is 11.3 Å². The smallest absolute Gasteiger partial charge is 0.269 e. The molecule has 0 unspecified atom stereocenters. The van der Waals surface area contributed by atoms with Crippen molar-refractivity contribution in [1.82, 2.24) is 10.3 Å². The standard InChI is InChI=1S/C14H14N4O3/c19-14(10-16-9-11-2-1-7-15-8-11)17-12-3-5-13(6-4-12)18(20)21/h1-8,16H,9-10H2,(H,17,19). The molecule has 0 aliphatic heterocycles. The average molecular weight is 286 g/mol. The quantitative estimate of drug-likeness (QED) is 0.622. The van der Waals surface area contributed by atoms with E-state index in [9.17, 15) is 14.9 Å². The molecular weight excluding hydrogens is 272 g/mol. The Labute approximate surface area is 121 Å². The van der Waals surface area contributed by atoms with Crippen LogP contribution in [0.4, 0.5) is 11.4 Å².